The van der Waals surface area contributed by atoms with Gasteiger partial charge in [0.2, 0.25) is 0 Å². The van der Waals surface area contributed by atoms with Crippen LogP contribution >= 0.6 is 11.3 Å². The van der Waals surface area contributed by atoms with E-state index in [0.717, 1.165) is 34.2 Å². The van der Waals surface area contributed by atoms with Gasteiger partial charge >= 0.3 is 0 Å². The van der Waals surface area contributed by atoms with Crippen LogP contribution in [0.2, 0.25) is 0 Å². The fourth-order valence-corrected chi connectivity index (χ4v) is 5.40. The third-order valence-electron chi connectivity index (χ3n) is 6.06. The summed E-state index contributed by atoms with van der Waals surface area (Å²) in [6.07, 6.45) is 0. The largest absolute Gasteiger partial charge is 0.486 e. The molecule has 0 bridgehead atoms. The van der Waals surface area contributed by atoms with Crippen molar-refractivity contribution >= 4 is 49.7 Å². The van der Waals surface area contributed by atoms with E-state index in [-0.39, 0.29) is 5.91 Å². The van der Waals surface area contributed by atoms with Gasteiger partial charge in [-0.3, -0.25) is 4.79 Å². The standard InChI is InChI=1S/C24H22N4O3S/c25-21-17-12-15-13-19-20(31-11-10-30-19)14-18(15)26-23(17)32-22(21)24(29)28-8-6-27(7-9-28)16-4-2-1-3-5-16/h1-5,12-14H,6-11,25H2. The number of nitrogen functional groups attached to an aromatic ring is 1. The van der Waals surface area contributed by atoms with Gasteiger partial charge in [0.25, 0.3) is 5.91 Å². The molecule has 4 heterocycles. The van der Waals surface area contributed by atoms with E-state index in [9.17, 15) is 4.79 Å². The average molecular weight is 447 g/mol. The van der Waals surface area contributed by atoms with E-state index in [4.69, 9.17) is 20.2 Å². The number of para-hydroxylation sites is 1. The molecular formula is C24H22N4O3S. The number of hydrogen-bond donors (Lipinski definition) is 1. The molecule has 162 valence electrons. The highest BCUT2D eigenvalue weighted by Crippen LogP contribution is 2.39. The lowest BCUT2D eigenvalue weighted by Gasteiger charge is -2.36. The van der Waals surface area contributed by atoms with E-state index in [0.29, 0.717) is 48.4 Å². The second-order valence-corrected chi connectivity index (χ2v) is 8.99. The molecule has 2 aromatic heterocycles. The first kappa shape index (κ1) is 19.2. The number of nitrogens with two attached hydrogens (primary N) is 1. The number of amides is 1. The Hall–Kier alpha value is -3.52. The van der Waals surface area contributed by atoms with E-state index in [1.54, 1.807) is 0 Å². The predicted molar refractivity (Wildman–Crippen MR) is 127 cm³/mol. The zero-order valence-electron chi connectivity index (χ0n) is 17.4. The number of fused-ring (bicyclic) bond motifs is 3. The lowest BCUT2D eigenvalue weighted by molar-refractivity contribution is 0.0752. The van der Waals surface area contributed by atoms with Crippen LogP contribution in [0.25, 0.3) is 21.1 Å². The molecule has 0 spiro atoms. The van der Waals surface area contributed by atoms with Crippen LogP contribution in [0, 0.1) is 0 Å². The van der Waals surface area contributed by atoms with Crippen LogP contribution in [0.1, 0.15) is 9.67 Å². The number of carbonyl (C=O) groups excluding carboxylic acids is 1. The zero-order chi connectivity index (χ0) is 21.7. The molecule has 2 aromatic carbocycles. The summed E-state index contributed by atoms with van der Waals surface area (Å²) in [5.41, 5.74) is 8.95. The minimum absolute atomic E-state index is 0.0202. The van der Waals surface area contributed by atoms with Crippen LogP contribution in [-0.4, -0.2) is 55.2 Å². The molecule has 0 atom stereocenters. The van der Waals surface area contributed by atoms with Crippen molar-refractivity contribution in [3.8, 4) is 11.5 Å². The average Bonchev–Trinajstić information content (AvgIpc) is 3.16. The van der Waals surface area contributed by atoms with Crippen LogP contribution in [0.5, 0.6) is 11.5 Å². The molecule has 0 unspecified atom stereocenters. The Labute approximate surface area is 189 Å². The molecule has 2 aliphatic heterocycles. The summed E-state index contributed by atoms with van der Waals surface area (Å²) in [4.78, 5) is 23.6. The Bertz CT molecular complexity index is 1330. The molecule has 4 aromatic rings. The third-order valence-corrected chi connectivity index (χ3v) is 7.16. The number of ether oxygens (including phenoxy) is 2. The number of thiophene rings is 1. The van der Waals surface area contributed by atoms with Crippen molar-refractivity contribution in [2.24, 2.45) is 0 Å². The zero-order valence-corrected chi connectivity index (χ0v) is 18.2. The summed E-state index contributed by atoms with van der Waals surface area (Å²) in [6.45, 7) is 3.99. The maximum absolute atomic E-state index is 13.3. The Balaban J connectivity index is 1.28. The second-order valence-electron chi connectivity index (χ2n) is 7.99. The van der Waals surface area contributed by atoms with Gasteiger partial charge in [-0.25, -0.2) is 4.98 Å². The van der Waals surface area contributed by atoms with Crippen molar-refractivity contribution in [1.82, 2.24) is 9.88 Å². The van der Waals surface area contributed by atoms with Crippen molar-refractivity contribution in [3.05, 3.63) is 53.4 Å². The second kappa shape index (κ2) is 7.56. The van der Waals surface area contributed by atoms with Crippen LogP contribution in [0.4, 0.5) is 11.4 Å². The molecule has 32 heavy (non-hydrogen) atoms. The first-order valence-electron chi connectivity index (χ1n) is 10.7. The Morgan fingerprint density at radius 1 is 0.969 bits per heavy atom. The van der Waals surface area contributed by atoms with Crippen LogP contribution in [0.15, 0.2) is 48.5 Å². The third kappa shape index (κ3) is 3.18. The van der Waals surface area contributed by atoms with Crippen LogP contribution in [-0.2, 0) is 0 Å². The highest BCUT2D eigenvalue weighted by atomic mass is 32.1. The van der Waals surface area contributed by atoms with Gasteiger partial charge in [0.1, 0.15) is 22.9 Å². The van der Waals surface area contributed by atoms with E-state index >= 15 is 0 Å². The van der Waals surface area contributed by atoms with Gasteiger partial charge in [-0.2, -0.15) is 0 Å². The summed E-state index contributed by atoms with van der Waals surface area (Å²) >= 11 is 1.36. The molecule has 2 aliphatic rings. The maximum atomic E-state index is 13.3. The van der Waals surface area contributed by atoms with Gasteiger partial charge < -0.3 is 25.0 Å². The van der Waals surface area contributed by atoms with E-state index in [2.05, 4.69) is 17.0 Å². The van der Waals surface area contributed by atoms with E-state index in [1.165, 1.54) is 17.0 Å². The molecule has 0 saturated carbocycles. The predicted octanol–water partition coefficient (Wildman–Crippen LogP) is 3.77. The summed E-state index contributed by atoms with van der Waals surface area (Å²) in [5.74, 6) is 1.40. The SMILES string of the molecule is Nc1c(C(=O)N2CCN(c3ccccc3)CC2)sc2nc3cc4c(cc3cc12)OCCO4. The monoisotopic (exact) mass is 446 g/mol. The van der Waals surface area contributed by atoms with Crippen molar-refractivity contribution in [2.45, 2.75) is 0 Å². The number of piperazine rings is 1. The maximum Gasteiger partial charge on any atom is 0.266 e. The van der Waals surface area contributed by atoms with Crippen LogP contribution < -0.4 is 20.1 Å². The first-order valence-corrected chi connectivity index (χ1v) is 11.5. The normalized spacial score (nSPS) is 16.0. The summed E-state index contributed by atoms with van der Waals surface area (Å²) in [6, 6.07) is 16.1. The Kier molecular flexibility index (Phi) is 4.53. The van der Waals surface area contributed by atoms with Crippen molar-refractivity contribution < 1.29 is 14.3 Å². The van der Waals surface area contributed by atoms with E-state index in [1.807, 2.05) is 41.3 Å². The lowest BCUT2D eigenvalue weighted by Crippen LogP contribution is -2.48. The number of pyridine rings is 1. The number of hydrogen-bond acceptors (Lipinski definition) is 7. The molecule has 6 rings (SSSR count). The van der Waals surface area contributed by atoms with Crippen molar-refractivity contribution in [1.29, 1.82) is 0 Å². The van der Waals surface area contributed by atoms with E-state index < -0.39 is 0 Å². The molecular weight excluding hydrogens is 424 g/mol. The van der Waals surface area contributed by atoms with Crippen molar-refractivity contribution in [3.63, 3.8) is 0 Å². The molecule has 0 aliphatic carbocycles. The number of nitrogens with zero attached hydrogens (tertiary/aromatic N) is 3. The Morgan fingerprint density at radius 3 is 2.44 bits per heavy atom. The number of carbonyl (C=O) groups is 1. The molecule has 0 radical (unpaired) electrons. The summed E-state index contributed by atoms with van der Waals surface area (Å²) in [5, 5.41) is 1.73. The van der Waals surface area contributed by atoms with Gasteiger partial charge in [0.05, 0.1) is 11.2 Å². The molecule has 2 N–H and O–H groups in total. The van der Waals surface area contributed by atoms with Gasteiger partial charge in [0, 0.05) is 48.7 Å². The highest BCUT2D eigenvalue weighted by Gasteiger charge is 2.26. The number of aromatic nitrogens is 1. The fourth-order valence-electron chi connectivity index (χ4n) is 4.35. The van der Waals surface area contributed by atoms with Gasteiger partial charge in [-0.1, -0.05) is 18.2 Å². The summed E-state index contributed by atoms with van der Waals surface area (Å²) < 4.78 is 11.4. The van der Waals surface area contributed by atoms with Gasteiger partial charge in [0.15, 0.2) is 11.5 Å². The number of rotatable bonds is 2. The molecule has 1 amide bonds. The number of anilines is 2. The molecule has 1 saturated heterocycles. The fraction of sp³-hybridized carbons (Fsp3) is 0.250. The minimum Gasteiger partial charge on any atom is -0.486 e. The quantitative estimate of drug-likeness (QED) is 0.505. The smallest absolute Gasteiger partial charge is 0.266 e. The Morgan fingerprint density at radius 2 is 1.69 bits per heavy atom. The summed E-state index contributed by atoms with van der Waals surface area (Å²) in [7, 11) is 0. The molecule has 8 heteroatoms. The minimum atomic E-state index is -0.0202. The topological polar surface area (TPSA) is 80.9 Å². The lowest BCUT2D eigenvalue weighted by atomic mass is 10.1. The van der Waals surface area contributed by atoms with Crippen LogP contribution in [0.3, 0.4) is 0 Å². The van der Waals surface area contributed by atoms with Crippen molar-refractivity contribution in [2.75, 3.05) is 50.0 Å². The molecule has 7 nitrogen and oxygen atoms in total. The van der Waals surface area contributed by atoms with Gasteiger partial charge in [-0.05, 0) is 24.3 Å². The highest BCUT2D eigenvalue weighted by molar-refractivity contribution is 7.21. The number of benzene rings is 2. The first-order chi connectivity index (χ1) is 15.7. The molecule has 1 fully saturated rings. The van der Waals surface area contributed by atoms with Gasteiger partial charge in [-0.15, -0.1) is 11.3 Å².